The van der Waals surface area contributed by atoms with Crippen LogP contribution in [0, 0.1) is 0 Å². The first-order chi connectivity index (χ1) is 45.0. The Balaban J connectivity index is 0.820. The fourth-order valence-electron chi connectivity index (χ4n) is 13.9. The number of hydrogen-bond acceptors (Lipinski definition) is 14. The lowest BCUT2D eigenvalue weighted by molar-refractivity contribution is -0.141. The van der Waals surface area contributed by atoms with Crippen molar-refractivity contribution in [3.8, 4) is 0 Å². The summed E-state index contributed by atoms with van der Waals surface area (Å²) in [5, 5.41) is 14.1. The lowest BCUT2D eigenvalue weighted by atomic mass is 9.78. The largest absolute Gasteiger partial charge is 0.463 e. The second-order valence-electron chi connectivity index (χ2n) is 24.2. The summed E-state index contributed by atoms with van der Waals surface area (Å²) in [5.74, 6) is -2.06. The average molecular weight is 1240 g/mol. The maximum absolute atomic E-state index is 15.2. The Morgan fingerprint density at radius 2 is 0.880 bits per heavy atom. The molecule has 0 radical (unpaired) electrons. The van der Waals surface area contributed by atoms with Gasteiger partial charge in [-0.1, -0.05) is 148 Å². The monoisotopic (exact) mass is 1240 g/mol. The number of fused-ring (bicyclic) bond motifs is 4. The number of rotatable bonds is 26. The second-order valence-corrected chi connectivity index (χ2v) is 24.2. The van der Waals surface area contributed by atoms with Crippen LogP contribution in [-0.4, -0.2) is 123 Å². The summed E-state index contributed by atoms with van der Waals surface area (Å²) < 4.78 is 36.8. The van der Waals surface area contributed by atoms with Gasteiger partial charge in [-0.2, -0.15) is 0 Å². The van der Waals surface area contributed by atoms with Crippen molar-refractivity contribution in [1.82, 2.24) is 9.80 Å². The summed E-state index contributed by atoms with van der Waals surface area (Å²) in [4.78, 5) is 63.9. The van der Waals surface area contributed by atoms with Gasteiger partial charge in [0.05, 0.1) is 74.0 Å². The van der Waals surface area contributed by atoms with Gasteiger partial charge in [-0.05, 0) is 132 Å². The first-order valence-corrected chi connectivity index (χ1v) is 32.8. The molecule has 12 rings (SSSR count). The molecule has 0 unspecified atom stereocenters. The number of esters is 2. The molecule has 0 saturated carbocycles. The van der Waals surface area contributed by atoms with Gasteiger partial charge < -0.3 is 49.7 Å². The molecular formula is C76H84N6O10. The van der Waals surface area contributed by atoms with Crippen molar-refractivity contribution in [2.45, 2.75) is 115 Å². The Kier molecular flexibility index (Phi) is 19.8. The van der Waals surface area contributed by atoms with Gasteiger partial charge >= 0.3 is 11.9 Å². The lowest BCUT2D eigenvalue weighted by Crippen LogP contribution is -2.42. The predicted octanol–water partition coefficient (Wildman–Crippen LogP) is 11.5. The van der Waals surface area contributed by atoms with E-state index in [1.807, 2.05) is 103 Å². The van der Waals surface area contributed by atoms with Crippen LogP contribution in [0.1, 0.15) is 96.8 Å². The minimum atomic E-state index is -1.43. The van der Waals surface area contributed by atoms with Crippen molar-refractivity contribution in [2.24, 2.45) is 0 Å². The van der Waals surface area contributed by atoms with E-state index in [1.54, 1.807) is 13.8 Å². The van der Waals surface area contributed by atoms with Crippen LogP contribution in [0.3, 0.4) is 0 Å². The molecule has 2 fully saturated rings. The van der Waals surface area contributed by atoms with Gasteiger partial charge in [-0.15, -0.1) is 0 Å². The van der Waals surface area contributed by atoms with Gasteiger partial charge in [-0.25, -0.2) is 9.59 Å². The van der Waals surface area contributed by atoms with Crippen molar-refractivity contribution in [3.05, 3.63) is 236 Å². The van der Waals surface area contributed by atoms with Gasteiger partial charge in [0.25, 0.3) is 11.8 Å². The van der Waals surface area contributed by atoms with Crippen LogP contribution in [0.15, 0.2) is 186 Å². The quantitative estimate of drug-likeness (QED) is 0.0298. The van der Waals surface area contributed by atoms with Crippen molar-refractivity contribution >= 4 is 46.5 Å². The molecular weight excluding hydrogens is 1160 g/mol. The zero-order valence-electron chi connectivity index (χ0n) is 53.4. The Morgan fingerprint density at radius 3 is 1.30 bits per heavy atom. The minimum Gasteiger partial charge on any atom is -0.463 e. The molecule has 6 aliphatic heterocycles. The van der Waals surface area contributed by atoms with Gasteiger partial charge in [0.2, 0.25) is 0 Å². The topological polar surface area (TPSA) is 178 Å². The van der Waals surface area contributed by atoms with Gasteiger partial charge in [0, 0.05) is 62.0 Å². The molecule has 6 atom stereocenters. The molecule has 92 heavy (non-hydrogen) atoms. The highest BCUT2D eigenvalue weighted by Gasteiger charge is 2.60. The number of aryl methyl sites for hydroxylation is 5. The molecule has 0 spiro atoms. The molecule has 6 heterocycles. The summed E-state index contributed by atoms with van der Waals surface area (Å²) in [5.41, 5.74) is 9.97. The van der Waals surface area contributed by atoms with E-state index in [9.17, 15) is 14.4 Å². The first-order valence-electron chi connectivity index (χ1n) is 32.8. The van der Waals surface area contributed by atoms with Crippen LogP contribution in [0.2, 0.25) is 0 Å². The van der Waals surface area contributed by atoms with E-state index in [-0.39, 0.29) is 35.5 Å². The fraction of sp³-hybridized carbons (Fsp3) is 0.368. The average Bonchev–Trinajstić information content (AvgIpc) is 1.56. The SMILES string of the molecule is CCOC(=O)C1=C(C(=O)Nc2c(CC)cccc2CCc2ccc(N[C@@H](c3ccc(CN4CCOCC4)cc3)[C@]34C=C[C@H](O3)C(C(=O)Nc3c(CC)cccc3CC)=C4C(=O)OCC)cc2)[C@H]2C=C[C@]1([C@@H](Nc1ccccc1)c1ccc(CN3CCOCC3)cc1)O2. The number of para-hydroxylation sites is 3. The molecule has 6 aliphatic rings. The maximum Gasteiger partial charge on any atom is 0.337 e. The third-order valence-corrected chi connectivity index (χ3v) is 18.6. The number of hydrogen-bond donors (Lipinski definition) is 4. The van der Waals surface area contributed by atoms with Gasteiger partial charge in [0.1, 0.15) is 23.4 Å². The van der Waals surface area contributed by atoms with Crippen LogP contribution in [0.5, 0.6) is 0 Å². The highest BCUT2D eigenvalue weighted by atomic mass is 16.6. The molecule has 0 aromatic heterocycles. The number of carbonyl (C=O) groups excluding carboxylic acids is 4. The Hall–Kier alpha value is -8.48. The number of benzene rings is 6. The van der Waals surface area contributed by atoms with Crippen molar-refractivity contribution in [3.63, 3.8) is 0 Å². The summed E-state index contributed by atoms with van der Waals surface area (Å²) >= 11 is 0. The van der Waals surface area contributed by atoms with E-state index < -0.39 is 59.2 Å². The summed E-state index contributed by atoms with van der Waals surface area (Å²) in [6.45, 7) is 17.7. The summed E-state index contributed by atoms with van der Waals surface area (Å²) in [7, 11) is 0. The van der Waals surface area contributed by atoms with E-state index in [2.05, 4.69) is 113 Å². The third-order valence-electron chi connectivity index (χ3n) is 18.6. The molecule has 478 valence electrons. The standard InChI is InChI=1S/C76H84N6O10/c1-6-53-16-14-17-54(7-2)67(53)79-71(83)63-61-37-39-76(92-61,65(63)73(85)89-9-4)70(58-32-25-52(26-33-58)49-82-42-46-88-47-43-82)78-60-34-27-50(28-35-60)22-29-56-19-15-18-55(8-3)68(56)80-72(84)64-62-36-38-75(91-62,66(64)74(86)90-10-5)69(77-59-20-12-11-13-21-59)57-30-23-51(24-31-57)48-81-40-44-87-45-41-81/h11-21,23-28,30-39,61-62,69-70,77-78H,6-10,22,29,40-49H2,1-5H3,(H,79,83)(H,80,84)/t61-,62+,69-,70-,75-,76+/m0/s1. The van der Waals surface area contributed by atoms with Crippen molar-refractivity contribution in [2.75, 3.05) is 87.1 Å². The summed E-state index contributed by atoms with van der Waals surface area (Å²) in [6, 6.07) is 45.6. The van der Waals surface area contributed by atoms with E-state index >= 15 is 4.79 Å². The Morgan fingerprint density at radius 1 is 0.478 bits per heavy atom. The van der Waals surface area contributed by atoms with E-state index in [4.69, 9.17) is 28.4 Å². The number of ether oxygens (including phenoxy) is 6. The number of amides is 2. The summed E-state index contributed by atoms with van der Waals surface area (Å²) in [6.07, 6.45) is 9.24. The van der Waals surface area contributed by atoms with Crippen LogP contribution in [-0.2, 0) is 92.8 Å². The number of carbonyl (C=O) groups is 4. The maximum atomic E-state index is 15.2. The highest BCUT2D eigenvalue weighted by molar-refractivity contribution is 6.14. The highest BCUT2D eigenvalue weighted by Crippen LogP contribution is 2.54. The molecule has 4 bridgehead atoms. The molecule has 2 amide bonds. The van der Waals surface area contributed by atoms with Crippen LogP contribution < -0.4 is 21.3 Å². The van der Waals surface area contributed by atoms with E-state index in [0.29, 0.717) is 64.2 Å². The van der Waals surface area contributed by atoms with Gasteiger partial charge in [0.15, 0.2) is 0 Å². The molecule has 6 aromatic carbocycles. The minimum absolute atomic E-state index is 0.107. The molecule has 16 nitrogen and oxygen atoms in total. The number of nitrogens with one attached hydrogen (secondary N) is 4. The van der Waals surface area contributed by atoms with Crippen LogP contribution >= 0.6 is 0 Å². The fourth-order valence-corrected chi connectivity index (χ4v) is 13.9. The van der Waals surface area contributed by atoms with Gasteiger partial charge in [-0.3, -0.25) is 19.4 Å². The van der Waals surface area contributed by atoms with Crippen LogP contribution in [0.25, 0.3) is 0 Å². The third kappa shape index (κ3) is 13.1. The van der Waals surface area contributed by atoms with Crippen LogP contribution in [0.4, 0.5) is 22.7 Å². The lowest BCUT2D eigenvalue weighted by Gasteiger charge is -2.36. The van der Waals surface area contributed by atoms with Crippen molar-refractivity contribution in [1.29, 1.82) is 0 Å². The van der Waals surface area contributed by atoms with E-state index in [1.165, 1.54) is 0 Å². The second kappa shape index (κ2) is 28.6. The number of anilines is 4. The Labute approximate surface area is 540 Å². The molecule has 16 heteroatoms. The molecule has 0 aliphatic carbocycles. The number of morpholine rings is 2. The number of nitrogens with zero attached hydrogens (tertiary/aromatic N) is 2. The predicted molar refractivity (Wildman–Crippen MR) is 357 cm³/mol. The molecule has 6 aromatic rings. The first kappa shape index (κ1) is 63.7. The van der Waals surface area contributed by atoms with Crippen molar-refractivity contribution < 1.29 is 47.6 Å². The zero-order chi connectivity index (χ0) is 63.8. The normalized spacial score (nSPS) is 21.5. The van der Waals surface area contributed by atoms with E-state index in [0.717, 1.165) is 106 Å². The molecule has 2 saturated heterocycles. The molecule has 4 N–H and O–H groups in total. The zero-order valence-corrected chi connectivity index (χ0v) is 53.4. The Bertz CT molecular complexity index is 3750. The smallest absolute Gasteiger partial charge is 0.337 e.